The Morgan fingerprint density at radius 2 is 1.69 bits per heavy atom. The summed E-state index contributed by atoms with van der Waals surface area (Å²) >= 11 is 0. The van der Waals surface area contributed by atoms with E-state index in [9.17, 15) is 9.90 Å². The lowest BCUT2D eigenvalue weighted by atomic mass is 9.73. The van der Waals surface area contributed by atoms with Crippen molar-refractivity contribution in [1.29, 1.82) is 0 Å². The number of aryl methyl sites for hydroxylation is 2. The molecule has 2 heterocycles. The molecule has 0 spiro atoms. The van der Waals surface area contributed by atoms with Crippen LogP contribution in [0, 0.1) is 13.8 Å². The molecule has 1 unspecified atom stereocenters. The number of hydrogen-bond donors (Lipinski definition) is 2. The molecule has 2 N–H and O–H groups in total. The molecule has 0 amide bonds. The van der Waals surface area contributed by atoms with Gasteiger partial charge in [0.25, 0.3) is 0 Å². The number of nitrogens with zero attached hydrogens (tertiary/aromatic N) is 2. The highest BCUT2D eigenvalue weighted by atomic mass is 16.4. The summed E-state index contributed by atoms with van der Waals surface area (Å²) in [5, 5.41) is 13.1. The molecule has 0 radical (unpaired) electrons. The molecular weight excluding hydrogens is 434 g/mol. The lowest BCUT2D eigenvalue weighted by Crippen LogP contribution is -2.46. The Bertz CT molecular complexity index is 1260. The second-order valence-electron chi connectivity index (χ2n) is 10.7. The van der Waals surface area contributed by atoms with Gasteiger partial charge in [-0.05, 0) is 78.8 Å². The molecule has 0 aromatic heterocycles. The third-order valence-corrected chi connectivity index (χ3v) is 7.65. The van der Waals surface area contributed by atoms with Crippen molar-refractivity contribution >= 4 is 23.0 Å². The molecule has 1 saturated heterocycles. The third-order valence-electron chi connectivity index (χ3n) is 7.65. The van der Waals surface area contributed by atoms with Gasteiger partial charge >= 0.3 is 5.97 Å². The summed E-state index contributed by atoms with van der Waals surface area (Å²) in [7, 11) is 0. The van der Waals surface area contributed by atoms with Crippen molar-refractivity contribution in [3.05, 3.63) is 88.5 Å². The first-order valence-electron chi connectivity index (χ1n) is 12.5. The fourth-order valence-electron chi connectivity index (χ4n) is 5.73. The van der Waals surface area contributed by atoms with Crippen molar-refractivity contribution in [2.24, 2.45) is 0 Å². The second kappa shape index (κ2) is 8.95. The van der Waals surface area contributed by atoms with E-state index in [-0.39, 0.29) is 11.5 Å². The number of fused-ring (bicyclic) bond motifs is 1. The Morgan fingerprint density at radius 1 is 0.943 bits per heavy atom. The maximum atomic E-state index is 11.5. The predicted octanol–water partition coefficient (Wildman–Crippen LogP) is 6.16. The topological polar surface area (TPSA) is 55.8 Å². The van der Waals surface area contributed by atoms with Crippen molar-refractivity contribution in [3.63, 3.8) is 0 Å². The van der Waals surface area contributed by atoms with Gasteiger partial charge in [0, 0.05) is 43.2 Å². The average Bonchev–Trinajstić information content (AvgIpc) is 2.83. The number of carboxylic acids is 1. The first-order chi connectivity index (χ1) is 16.7. The summed E-state index contributed by atoms with van der Waals surface area (Å²) in [6, 6.07) is 21.3. The van der Waals surface area contributed by atoms with Crippen LogP contribution in [0.4, 0.5) is 17.1 Å². The average molecular weight is 470 g/mol. The van der Waals surface area contributed by atoms with Gasteiger partial charge in [-0.2, -0.15) is 0 Å². The van der Waals surface area contributed by atoms with Crippen LogP contribution >= 0.6 is 0 Å². The highest BCUT2D eigenvalue weighted by Gasteiger charge is 2.34. The van der Waals surface area contributed by atoms with Gasteiger partial charge in [0.15, 0.2) is 0 Å². The number of piperazine rings is 1. The molecular formula is C30H35N3O2. The number of carbonyl (C=O) groups is 1. The van der Waals surface area contributed by atoms with Gasteiger partial charge in [0.1, 0.15) is 0 Å². The van der Waals surface area contributed by atoms with Gasteiger partial charge in [0.2, 0.25) is 0 Å². The zero-order chi connectivity index (χ0) is 24.7. The predicted molar refractivity (Wildman–Crippen MR) is 144 cm³/mol. The zero-order valence-corrected chi connectivity index (χ0v) is 21.1. The van der Waals surface area contributed by atoms with Crippen LogP contribution in [-0.2, 0) is 5.41 Å². The number of aromatic carboxylic acids is 1. The summed E-state index contributed by atoms with van der Waals surface area (Å²) in [6.45, 7) is 12.8. The van der Waals surface area contributed by atoms with Gasteiger partial charge in [-0.3, -0.25) is 0 Å². The Morgan fingerprint density at radius 3 is 2.40 bits per heavy atom. The van der Waals surface area contributed by atoms with Crippen molar-refractivity contribution in [2.45, 2.75) is 45.6 Å². The quantitative estimate of drug-likeness (QED) is 0.479. The van der Waals surface area contributed by atoms with Gasteiger partial charge in [-0.15, -0.1) is 0 Å². The molecule has 3 aromatic rings. The fourth-order valence-corrected chi connectivity index (χ4v) is 5.73. The zero-order valence-electron chi connectivity index (χ0n) is 21.1. The maximum Gasteiger partial charge on any atom is 0.335 e. The van der Waals surface area contributed by atoms with Crippen LogP contribution in [0.3, 0.4) is 0 Å². The molecule has 2 aliphatic heterocycles. The minimum Gasteiger partial charge on any atom is -0.478 e. The van der Waals surface area contributed by atoms with E-state index >= 15 is 0 Å². The highest BCUT2D eigenvalue weighted by Crippen LogP contribution is 2.44. The Balaban J connectivity index is 1.32. The fraction of sp³-hybridized carbons (Fsp3) is 0.367. The molecule has 5 heteroatoms. The Hall–Kier alpha value is -3.47. The molecule has 1 fully saturated rings. The number of anilines is 3. The maximum absolute atomic E-state index is 11.5. The summed E-state index contributed by atoms with van der Waals surface area (Å²) in [5.74, 6) is -0.879. The Labute approximate surface area is 208 Å². The molecule has 35 heavy (non-hydrogen) atoms. The summed E-state index contributed by atoms with van der Waals surface area (Å²) < 4.78 is 0. The molecule has 2 aliphatic rings. The smallest absolute Gasteiger partial charge is 0.335 e. The van der Waals surface area contributed by atoms with Gasteiger partial charge < -0.3 is 20.2 Å². The minimum atomic E-state index is -0.879. The summed E-state index contributed by atoms with van der Waals surface area (Å²) in [4.78, 5) is 16.5. The van der Waals surface area contributed by atoms with E-state index in [0.29, 0.717) is 5.56 Å². The molecule has 0 saturated carbocycles. The SMILES string of the molecule is Cc1ccc(N2CCN(c3cccc(C4CC(C)(C)c5cc(C(=O)O)ccc5N4)c3)CC2)c(C)c1. The molecule has 182 valence electrons. The largest absolute Gasteiger partial charge is 0.478 e. The molecule has 5 nitrogen and oxygen atoms in total. The van der Waals surface area contributed by atoms with E-state index in [0.717, 1.165) is 43.9 Å². The van der Waals surface area contributed by atoms with Crippen LogP contribution in [0.15, 0.2) is 60.7 Å². The van der Waals surface area contributed by atoms with Crippen molar-refractivity contribution in [3.8, 4) is 0 Å². The van der Waals surface area contributed by atoms with Crippen molar-refractivity contribution in [1.82, 2.24) is 0 Å². The second-order valence-corrected chi connectivity index (χ2v) is 10.7. The van der Waals surface area contributed by atoms with Gasteiger partial charge in [-0.25, -0.2) is 4.79 Å². The van der Waals surface area contributed by atoms with E-state index in [2.05, 4.69) is 85.3 Å². The number of rotatable bonds is 4. The standard InChI is InChI=1S/C30H35N3O2/c1-20-8-11-28(21(2)16-20)33-14-12-32(13-15-33)24-7-5-6-22(17-24)27-19-30(3,4)25-18-23(29(34)35)9-10-26(25)31-27/h5-11,16-18,27,31H,12-15,19H2,1-4H3,(H,34,35). The van der Waals surface area contributed by atoms with Crippen LogP contribution in [0.1, 0.15) is 58.9 Å². The van der Waals surface area contributed by atoms with Crippen LogP contribution in [0.2, 0.25) is 0 Å². The monoisotopic (exact) mass is 469 g/mol. The van der Waals surface area contributed by atoms with Crippen molar-refractivity contribution in [2.75, 3.05) is 41.3 Å². The van der Waals surface area contributed by atoms with E-state index in [4.69, 9.17) is 0 Å². The highest BCUT2D eigenvalue weighted by molar-refractivity contribution is 5.89. The number of benzene rings is 3. The minimum absolute atomic E-state index is 0.121. The van der Waals surface area contributed by atoms with E-state index in [1.54, 1.807) is 6.07 Å². The van der Waals surface area contributed by atoms with Crippen molar-refractivity contribution < 1.29 is 9.90 Å². The molecule has 1 atom stereocenters. The number of hydrogen-bond acceptors (Lipinski definition) is 4. The van der Waals surface area contributed by atoms with Crippen LogP contribution in [-0.4, -0.2) is 37.3 Å². The third kappa shape index (κ3) is 4.60. The number of nitrogens with one attached hydrogen (secondary N) is 1. The molecule has 3 aromatic carbocycles. The molecule has 0 bridgehead atoms. The van der Waals surface area contributed by atoms with E-state index in [1.165, 1.54) is 28.1 Å². The lowest BCUT2D eigenvalue weighted by molar-refractivity contribution is 0.0696. The Kier molecular flexibility index (Phi) is 5.96. The first-order valence-corrected chi connectivity index (χ1v) is 12.5. The van der Waals surface area contributed by atoms with Gasteiger partial charge in [-0.1, -0.05) is 43.7 Å². The lowest BCUT2D eigenvalue weighted by Gasteiger charge is -2.40. The van der Waals surface area contributed by atoms with Crippen LogP contribution in [0.5, 0.6) is 0 Å². The van der Waals surface area contributed by atoms with Gasteiger partial charge in [0.05, 0.1) is 11.6 Å². The molecule has 0 aliphatic carbocycles. The normalized spacial score (nSPS) is 19.1. The summed E-state index contributed by atoms with van der Waals surface area (Å²) in [6.07, 6.45) is 0.910. The molecule has 5 rings (SSSR count). The van der Waals surface area contributed by atoms with Crippen LogP contribution in [0.25, 0.3) is 0 Å². The number of carboxylic acid groups (broad SMARTS) is 1. The summed E-state index contributed by atoms with van der Waals surface area (Å²) in [5.41, 5.74) is 8.89. The van der Waals surface area contributed by atoms with E-state index < -0.39 is 5.97 Å². The first kappa shape index (κ1) is 23.3. The van der Waals surface area contributed by atoms with E-state index in [1.807, 2.05) is 12.1 Å². The van der Waals surface area contributed by atoms with Crippen LogP contribution < -0.4 is 15.1 Å².